The van der Waals surface area contributed by atoms with E-state index < -0.39 is 11.4 Å². The molecule has 1 unspecified atom stereocenters. The van der Waals surface area contributed by atoms with Crippen LogP contribution in [0.5, 0.6) is 0 Å². The third-order valence-corrected chi connectivity index (χ3v) is 3.26. The van der Waals surface area contributed by atoms with E-state index in [0.29, 0.717) is 6.42 Å². The normalized spacial score (nSPS) is 14.3. The average Bonchev–Trinajstić information content (AvgIpc) is 2.39. The summed E-state index contributed by atoms with van der Waals surface area (Å²) in [6.07, 6.45) is 2.10. The third kappa shape index (κ3) is 2.19. The Bertz CT molecular complexity index is 578. The summed E-state index contributed by atoms with van der Waals surface area (Å²) in [7, 11) is 0. The number of rotatable bonds is 4. The van der Waals surface area contributed by atoms with Crippen molar-refractivity contribution < 1.29 is 9.90 Å². The molecule has 2 rings (SSSR count). The minimum atomic E-state index is -0.953. The first-order valence-electron chi connectivity index (χ1n) is 5.83. The van der Waals surface area contributed by atoms with Crippen LogP contribution in [-0.2, 0) is 11.2 Å². The van der Waals surface area contributed by atoms with Crippen molar-refractivity contribution in [3.63, 3.8) is 0 Å². The highest BCUT2D eigenvalue weighted by molar-refractivity contribution is 5.83. The maximum absolute atomic E-state index is 11.3. The first-order chi connectivity index (χ1) is 8.57. The second-order valence-electron chi connectivity index (χ2n) is 4.74. The van der Waals surface area contributed by atoms with Gasteiger partial charge in [0.25, 0.3) is 0 Å². The first kappa shape index (κ1) is 12.5. The molecule has 0 aliphatic carbocycles. The second kappa shape index (κ2) is 4.74. The predicted molar refractivity (Wildman–Crippen MR) is 70.2 cm³/mol. The Labute approximate surface area is 105 Å². The molecule has 2 aromatic rings. The topological polar surface area (TPSA) is 76.2 Å². The van der Waals surface area contributed by atoms with Gasteiger partial charge in [0.2, 0.25) is 0 Å². The summed E-state index contributed by atoms with van der Waals surface area (Å²) in [6, 6.07) is 9.62. The number of carboxylic acids is 1. The van der Waals surface area contributed by atoms with Crippen molar-refractivity contribution in [1.82, 2.24) is 4.98 Å². The molecule has 0 fully saturated rings. The second-order valence-corrected chi connectivity index (χ2v) is 4.74. The van der Waals surface area contributed by atoms with Crippen LogP contribution in [0.2, 0.25) is 0 Å². The summed E-state index contributed by atoms with van der Waals surface area (Å²) < 4.78 is 0. The summed E-state index contributed by atoms with van der Waals surface area (Å²) in [6.45, 7) is 1.77. The van der Waals surface area contributed by atoms with Crippen LogP contribution in [0, 0.1) is 5.41 Å². The molecule has 0 aliphatic heterocycles. The Kier molecular flexibility index (Phi) is 3.30. The molecule has 1 aromatic carbocycles. The molecule has 3 N–H and O–H groups in total. The van der Waals surface area contributed by atoms with Crippen molar-refractivity contribution in [3.05, 3.63) is 42.1 Å². The maximum atomic E-state index is 11.3. The smallest absolute Gasteiger partial charge is 0.310 e. The van der Waals surface area contributed by atoms with Crippen molar-refractivity contribution in [3.8, 4) is 0 Å². The first-order valence-corrected chi connectivity index (χ1v) is 5.83. The van der Waals surface area contributed by atoms with E-state index in [0.717, 1.165) is 16.5 Å². The fourth-order valence-corrected chi connectivity index (χ4v) is 1.97. The summed E-state index contributed by atoms with van der Waals surface area (Å²) in [5, 5.41) is 10.3. The molecule has 1 atom stereocenters. The van der Waals surface area contributed by atoms with Crippen LogP contribution in [0.3, 0.4) is 0 Å². The van der Waals surface area contributed by atoms with Crippen LogP contribution >= 0.6 is 0 Å². The molecule has 0 saturated carbocycles. The van der Waals surface area contributed by atoms with Gasteiger partial charge in [-0.15, -0.1) is 0 Å². The maximum Gasteiger partial charge on any atom is 0.310 e. The molecular formula is C14H16N2O2. The number of hydrogen-bond donors (Lipinski definition) is 2. The predicted octanol–water partition coefficient (Wildman–Crippen LogP) is 1.83. The Balaban J connectivity index is 2.46. The van der Waals surface area contributed by atoms with E-state index in [-0.39, 0.29) is 6.54 Å². The standard InChI is InChI=1S/C14H16N2O2/c1-14(9-15,13(17)18)8-11-5-2-4-10-6-3-7-16-12(10)11/h2-7H,8-9,15H2,1H3,(H,17,18). The van der Waals surface area contributed by atoms with Crippen molar-refractivity contribution in [2.75, 3.05) is 6.54 Å². The lowest BCUT2D eigenvalue weighted by Crippen LogP contribution is -2.37. The van der Waals surface area contributed by atoms with Crippen molar-refractivity contribution in [2.45, 2.75) is 13.3 Å². The molecule has 94 valence electrons. The molecule has 0 radical (unpaired) electrons. The van der Waals surface area contributed by atoms with E-state index in [1.807, 2.05) is 30.3 Å². The van der Waals surface area contributed by atoms with Gasteiger partial charge < -0.3 is 10.8 Å². The number of fused-ring (bicyclic) bond motifs is 1. The number of carbonyl (C=O) groups is 1. The van der Waals surface area contributed by atoms with E-state index in [1.54, 1.807) is 13.1 Å². The van der Waals surface area contributed by atoms with E-state index in [2.05, 4.69) is 4.98 Å². The van der Waals surface area contributed by atoms with Gasteiger partial charge in [0.15, 0.2) is 0 Å². The van der Waals surface area contributed by atoms with Crippen LogP contribution in [0.25, 0.3) is 10.9 Å². The number of para-hydroxylation sites is 1. The molecule has 0 amide bonds. The number of aliphatic carboxylic acids is 1. The Morgan fingerprint density at radius 1 is 1.39 bits per heavy atom. The fourth-order valence-electron chi connectivity index (χ4n) is 1.97. The number of hydrogen-bond acceptors (Lipinski definition) is 3. The number of carboxylic acid groups (broad SMARTS) is 1. The quantitative estimate of drug-likeness (QED) is 0.860. The van der Waals surface area contributed by atoms with Crippen LogP contribution < -0.4 is 5.73 Å². The number of nitrogens with zero attached hydrogens (tertiary/aromatic N) is 1. The number of aromatic nitrogens is 1. The lowest BCUT2D eigenvalue weighted by Gasteiger charge is -2.23. The van der Waals surface area contributed by atoms with Gasteiger partial charge in [0, 0.05) is 18.1 Å². The lowest BCUT2D eigenvalue weighted by molar-refractivity contribution is -0.147. The van der Waals surface area contributed by atoms with E-state index in [9.17, 15) is 9.90 Å². The highest BCUT2D eigenvalue weighted by Crippen LogP contribution is 2.25. The van der Waals surface area contributed by atoms with E-state index in [1.165, 1.54) is 0 Å². The minimum Gasteiger partial charge on any atom is -0.481 e. The lowest BCUT2D eigenvalue weighted by atomic mass is 9.83. The average molecular weight is 244 g/mol. The summed E-state index contributed by atoms with van der Waals surface area (Å²) >= 11 is 0. The van der Waals surface area contributed by atoms with E-state index >= 15 is 0 Å². The third-order valence-electron chi connectivity index (χ3n) is 3.26. The monoisotopic (exact) mass is 244 g/mol. The van der Waals surface area contributed by atoms with Gasteiger partial charge in [0.05, 0.1) is 10.9 Å². The van der Waals surface area contributed by atoms with Crippen LogP contribution in [0.15, 0.2) is 36.5 Å². The molecule has 4 nitrogen and oxygen atoms in total. The SMILES string of the molecule is CC(CN)(Cc1cccc2cccnc12)C(=O)O. The molecule has 1 heterocycles. The Morgan fingerprint density at radius 3 is 2.78 bits per heavy atom. The minimum absolute atomic E-state index is 0.103. The molecule has 1 aromatic heterocycles. The molecule has 0 spiro atoms. The zero-order valence-electron chi connectivity index (χ0n) is 10.3. The molecule has 4 heteroatoms. The molecule has 0 bridgehead atoms. The van der Waals surface area contributed by atoms with Crippen molar-refractivity contribution in [1.29, 1.82) is 0 Å². The zero-order valence-corrected chi connectivity index (χ0v) is 10.3. The van der Waals surface area contributed by atoms with Gasteiger partial charge in [-0.05, 0) is 25.0 Å². The molecular weight excluding hydrogens is 228 g/mol. The largest absolute Gasteiger partial charge is 0.481 e. The van der Waals surface area contributed by atoms with Gasteiger partial charge in [-0.25, -0.2) is 0 Å². The molecule has 18 heavy (non-hydrogen) atoms. The summed E-state index contributed by atoms with van der Waals surface area (Å²) in [4.78, 5) is 15.6. The van der Waals surface area contributed by atoms with Gasteiger partial charge in [-0.2, -0.15) is 0 Å². The fraction of sp³-hybridized carbons (Fsp3) is 0.286. The van der Waals surface area contributed by atoms with E-state index in [4.69, 9.17) is 5.73 Å². The van der Waals surface area contributed by atoms with Crippen LogP contribution in [0.4, 0.5) is 0 Å². The Morgan fingerprint density at radius 2 is 2.11 bits per heavy atom. The number of pyridine rings is 1. The van der Waals surface area contributed by atoms with Gasteiger partial charge in [-0.3, -0.25) is 9.78 Å². The number of nitrogens with two attached hydrogens (primary N) is 1. The van der Waals surface area contributed by atoms with Gasteiger partial charge >= 0.3 is 5.97 Å². The molecule has 0 saturated heterocycles. The van der Waals surface area contributed by atoms with Gasteiger partial charge in [0.1, 0.15) is 0 Å². The Hall–Kier alpha value is -1.94. The van der Waals surface area contributed by atoms with Crippen LogP contribution in [0.1, 0.15) is 12.5 Å². The van der Waals surface area contributed by atoms with Crippen molar-refractivity contribution >= 4 is 16.9 Å². The highest BCUT2D eigenvalue weighted by atomic mass is 16.4. The number of benzene rings is 1. The summed E-state index contributed by atoms with van der Waals surface area (Å²) in [5.41, 5.74) is 6.41. The van der Waals surface area contributed by atoms with Gasteiger partial charge in [-0.1, -0.05) is 24.3 Å². The van der Waals surface area contributed by atoms with Crippen molar-refractivity contribution in [2.24, 2.45) is 11.1 Å². The van der Waals surface area contributed by atoms with Crippen LogP contribution in [-0.4, -0.2) is 22.6 Å². The summed E-state index contributed by atoms with van der Waals surface area (Å²) in [5.74, 6) is -0.877. The highest BCUT2D eigenvalue weighted by Gasteiger charge is 2.32. The molecule has 0 aliphatic rings. The zero-order chi connectivity index (χ0) is 13.2.